The summed E-state index contributed by atoms with van der Waals surface area (Å²) in [7, 11) is -0.891. The first kappa shape index (κ1) is 12.6. The molecular formula is C12H15F2NOS. The Morgan fingerprint density at radius 1 is 1.35 bits per heavy atom. The molecule has 0 bridgehead atoms. The third-order valence-corrected chi connectivity index (χ3v) is 4.49. The summed E-state index contributed by atoms with van der Waals surface area (Å²) in [5.74, 6) is -0.607. The summed E-state index contributed by atoms with van der Waals surface area (Å²) >= 11 is 0. The van der Waals surface area contributed by atoms with Gasteiger partial charge in [0.05, 0.1) is 0 Å². The highest BCUT2D eigenvalue weighted by molar-refractivity contribution is 7.85. The van der Waals surface area contributed by atoms with Gasteiger partial charge in [0.25, 0.3) is 0 Å². The van der Waals surface area contributed by atoms with Crippen LogP contribution in [0.2, 0.25) is 0 Å². The maximum Gasteiger partial charge on any atom is 0.159 e. The molecule has 17 heavy (non-hydrogen) atoms. The van der Waals surface area contributed by atoms with Crippen molar-refractivity contribution in [2.75, 3.05) is 11.5 Å². The van der Waals surface area contributed by atoms with Crippen molar-refractivity contribution in [1.29, 1.82) is 0 Å². The molecule has 2 nitrogen and oxygen atoms in total. The van der Waals surface area contributed by atoms with E-state index < -0.39 is 22.4 Å². The molecular weight excluding hydrogens is 244 g/mol. The molecule has 0 amide bonds. The van der Waals surface area contributed by atoms with E-state index in [0.717, 1.165) is 12.5 Å². The minimum absolute atomic E-state index is 0.148. The van der Waals surface area contributed by atoms with Crippen LogP contribution in [0, 0.1) is 11.6 Å². The van der Waals surface area contributed by atoms with Gasteiger partial charge in [-0.1, -0.05) is 13.0 Å². The number of benzene rings is 1. The zero-order valence-electron chi connectivity index (χ0n) is 9.58. The Labute approximate surface area is 102 Å². The average molecular weight is 259 g/mol. The standard InChI is InChI=1S/C12H15F2NOS/c1-2-9-6-17(16)7-12(15-9)8-3-4-10(13)11(14)5-8/h3-5,9,12,15H,2,6-7H2,1H3. The summed E-state index contributed by atoms with van der Waals surface area (Å²) in [5.41, 5.74) is 0.662. The van der Waals surface area contributed by atoms with Crippen molar-refractivity contribution in [3.63, 3.8) is 0 Å². The lowest BCUT2D eigenvalue weighted by atomic mass is 10.1. The summed E-state index contributed by atoms with van der Waals surface area (Å²) in [6, 6.07) is 3.88. The van der Waals surface area contributed by atoms with Gasteiger partial charge >= 0.3 is 0 Å². The average Bonchev–Trinajstić information content (AvgIpc) is 2.32. The first-order valence-corrected chi connectivity index (χ1v) is 7.15. The fourth-order valence-corrected chi connectivity index (χ4v) is 3.59. The first-order valence-electron chi connectivity index (χ1n) is 5.66. The molecule has 0 aromatic heterocycles. The van der Waals surface area contributed by atoms with E-state index >= 15 is 0 Å². The number of rotatable bonds is 2. The summed E-state index contributed by atoms with van der Waals surface area (Å²) < 4.78 is 37.6. The molecule has 3 unspecified atom stereocenters. The molecule has 1 N–H and O–H groups in total. The Balaban J connectivity index is 2.20. The van der Waals surface area contributed by atoms with Gasteiger partial charge in [-0.25, -0.2) is 8.78 Å². The predicted octanol–water partition coefficient (Wildman–Crippen LogP) is 2.14. The van der Waals surface area contributed by atoms with Crippen molar-refractivity contribution in [3.05, 3.63) is 35.4 Å². The quantitative estimate of drug-likeness (QED) is 0.881. The second kappa shape index (κ2) is 5.23. The van der Waals surface area contributed by atoms with Crippen molar-refractivity contribution in [3.8, 4) is 0 Å². The van der Waals surface area contributed by atoms with Crippen LogP contribution in [-0.2, 0) is 10.8 Å². The SMILES string of the molecule is CCC1CS(=O)CC(c2ccc(F)c(F)c2)N1. The number of hydrogen-bond acceptors (Lipinski definition) is 2. The molecule has 1 aliphatic heterocycles. The fourth-order valence-electron chi connectivity index (χ4n) is 2.02. The maximum atomic E-state index is 13.1. The predicted molar refractivity (Wildman–Crippen MR) is 64.2 cm³/mol. The maximum absolute atomic E-state index is 13.1. The van der Waals surface area contributed by atoms with E-state index in [0.29, 0.717) is 17.1 Å². The molecule has 0 saturated carbocycles. The fraction of sp³-hybridized carbons (Fsp3) is 0.500. The third-order valence-electron chi connectivity index (χ3n) is 3.02. The van der Waals surface area contributed by atoms with Crippen LogP contribution in [0.5, 0.6) is 0 Å². The third kappa shape index (κ3) is 2.90. The molecule has 94 valence electrons. The van der Waals surface area contributed by atoms with E-state index in [1.165, 1.54) is 6.07 Å². The van der Waals surface area contributed by atoms with Gasteiger partial charge in [-0.15, -0.1) is 0 Å². The summed E-state index contributed by atoms with van der Waals surface area (Å²) in [4.78, 5) is 0. The van der Waals surface area contributed by atoms with Gasteiger partial charge in [0.1, 0.15) is 0 Å². The van der Waals surface area contributed by atoms with Gasteiger partial charge in [-0.3, -0.25) is 4.21 Å². The van der Waals surface area contributed by atoms with Crippen LogP contribution in [0.1, 0.15) is 24.9 Å². The van der Waals surface area contributed by atoms with E-state index in [1.54, 1.807) is 6.07 Å². The number of hydrogen-bond donors (Lipinski definition) is 1. The molecule has 1 aromatic carbocycles. The van der Waals surface area contributed by atoms with Crippen molar-refractivity contribution in [2.45, 2.75) is 25.4 Å². The molecule has 1 aromatic rings. The van der Waals surface area contributed by atoms with Gasteiger partial charge in [-0.2, -0.15) is 0 Å². The van der Waals surface area contributed by atoms with Crippen LogP contribution in [0.25, 0.3) is 0 Å². The molecule has 1 saturated heterocycles. The van der Waals surface area contributed by atoms with Crippen LogP contribution < -0.4 is 5.32 Å². The van der Waals surface area contributed by atoms with Crippen LogP contribution in [0.3, 0.4) is 0 Å². The molecule has 3 atom stereocenters. The van der Waals surface area contributed by atoms with Crippen molar-refractivity contribution < 1.29 is 13.0 Å². The molecule has 1 fully saturated rings. The largest absolute Gasteiger partial charge is 0.305 e. The lowest BCUT2D eigenvalue weighted by Crippen LogP contribution is -2.44. The smallest absolute Gasteiger partial charge is 0.159 e. The summed E-state index contributed by atoms with van der Waals surface area (Å²) in [6.45, 7) is 2.02. The zero-order chi connectivity index (χ0) is 12.4. The molecule has 2 rings (SSSR count). The van der Waals surface area contributed by atoms with E-state index in [9.17, 15) is 13.0 Å². The number of halogens is 2. The Bertz CT molecular complexity index is 439. The van der Waals surface area contributed by atoms with Gasteiger partial charge < -0.3 is 5.32 Å². The van der Waals surface area contributed by atoms with E-state index in [4.69, 9.17) is 0 Å². The second-order valence-corrected chi connectivity index (χ2v) is 5.82. The van der Waals surface area contributed by atoms with Crippen LogP contribution >= 0.6 is 0 Å². The molecule has 1 aliphatic rings. The minimum atomic E-state index is -0.891. The second-order valence-electron chi connectivity index (χ2n) is 4.27. The van der Waals surface area contributed by atoms with E-state index in [2.05, 4.69) is 5.32 Å². The Hall–Kier alpha value is -0.810. The molecule has 1 heterocycles. The van der Waals surface area contributed by atoms with Crippen LogP contribution in [0.15, 0.2) is 18.2 Å². The van der Waals surface area contributed by atoms with Crippen molar-refractivity contribution in [2.24, 2.45) is 0 Å². The number of nitrogens with one attached hydrogen (secondary N) is 1. The highest BCUT2D eigenvalue weighted by Gasteiger charge is 2.26. The Morgan fingerprint density at radius 3 is 2.76 bits per heavy atom. The van der Waals surface area contributed by atoms with Gasteiger partial charge in [0.15, 0.2) is 11.6 Å². The summed E-state index contributed by atoms with van der Waals surface area (Å²) in [6.07, 6.45) is 0.881. The molecule has 0 aliphatic carbocycles. The van der Waals surface area contributed by atoms with Crippen molar-refractivity contribution >= 4 is 10.8 Å². The van der Waals surface area contributed by atoms with Crippen molar-refractivity contribution in [1.82, 2.24) is 5.32 Å². The summed E-state index contributed by atoms with van der Waals surface area (Å²) in [5, 5.41) is 3.31. The minimum Gasteiger partial charge on any atom is -0.305 e. The lowest BCUT2D eigenvalue weighted by Gasteiger charge is -2.30. The van der Waals surface area contributed by atoms with Gasteiger partial charge in [0, 0.05) is 34.4 Å². The molecule has 5 heteroatoms. The highest BCUT2D eigenvalue weighted by atomic mass is 32.2. The Kier molecular flexibility index (Phi) is 3.89. The lowest BCUT2D eigenvalue weighted by molar-refractivity contribution is 0.450. The first-order chi connectivity index (χ1) is 8.10. The van der Waals surface area contributed by atoms with Crippen LogP contribution in [-0.4, -0.2) is 21.8 Å². The van der Waals surface area contributed by atoms with Gasteiger partial charge in [-0.05, 0) is 24.1 Å². The monoisotopic (exact) mass is 259 g/mol. The topological polar surface area (TPSA) is 29.1 Å². The normalized spacial score (nSPS) is 29.2. The zero-order valence-corrected chi connectivity index (χ0v) is 10.4. The van der Waals surface area contributed by atoms with E-state index in [1.807, 2.05) is 6.92 Å². The Morgan fingerprint density at radius 2 is 2.12 bits per heavy atom. The van der Waals surface area contributed by atoms with Crippen LogP contribution in [0.4, 0.5) is 8.78 Å². The van der Waals surface area contributed by atoms with E-state index in [-0.39, 0.29) is 12.1 Å². The highest BCUT2D eigenvalue weighted by Crippen LogP contribution is 2.22. The molecule has 0 spiro atoms. The van der Waals surface area contributed by atoms with Gasteiger partial charge in [0.2, 0.25) is 0 Å². The molecule has 0 radical (unpaired) electrons.